The van der Waals surface area contributed by atoms with Crippen molar-refractivity contribution in [1.82, 2.24) is 9.80 Å². The van der Waals surface area contributed by atoms with Crippen molar-refractivity contribution in [2.24, 2.45) is 5.92 Å². The molecule has 0 aliphatic carbocycles. The average molecular weight is 364 g/mol. The molecule has 1 fully saturated rings. The molecule has 1 saturated heterocycles. The lowest BCUT2D eigenvalue weighted by molar-refractivity contribution is -0.0855. The third-order valence-corrected chi connectivity index (χ3v) is 4.69. The second kappa shape index (κ2) is 7.84. The van der Waals surface area contributed by atoms with Crippen LogP contribution in [0.1, 0.15) is 32.8 Å². The molecule has 0 unspecified atom stereocenters. The number of hydrogen-bond acceptors (Lipinski definition) is 5. The van der Waals surface area contributed by atoms with E-state index in [9.17, 15) is 9.90 Å². The number of methoxy groups -OCH3 is 1. The Kier molecular flexibility index (Phi) is 6.19. The van der Waals surface area contributed by atoms with Gasteiger partial charge in [-0.25, -0.2) is 4.79 Å². The number of rotatable bonds is 4. The molecule has 1 aliphatic heterocycles. The fourth-order valence-electron chi connectivity index (χ4n) is 3.43. The fraction of sp³-hybridized carbons (Fsp3) is 0.650. The van der Waals surface area contributed by atoms with Gasteiger partial charge in [-0.3, -0.25) is 0 Å². The average Bonchev–Trinajstić information content (AvgIpc) is 2.55. The molecule has 2 rings (SSSR count). The van der Waals surface area contributed by atoms with E-state index >= 15 is 0 Å². The highest BCUT2D eigenvalue weighted by atomic mass is 16.6. The van der Waals surface area contributed by atoms with Crippen molar-refractivity contribution in [3.05, 3.63) is 29.8 Å². The van der Waals surface area contributed by atoms with Gasteiger partial charge in [-0.05, 0) is 59.0 Å². The first-order chi connectivity index (χ1) is 12.0. The number of likely N-dealkylation sites (tertiary alicyclic amines) is 1. The van der Waals surface area contributed by atoms with Gasteiger partial charge in [0.1, 0.15) is 11.4 Å². The quantitative estimate of drug-likeness (QED) is 0.890. The minimum atomic E-state index is -1.02. The summed E-state index contributed by atoms with van der Waals surface area (Å²) in [4.78, 5) is 16.2. The molecule has 1 heterocycles. The number of aliphatic hydroxyl groups is 1. The zero-order valence-corrected chi connectivity index (χ0v) is 16.8. The first-order valence-corrected chi connectivity index (χ1v) is 9.05. The van der Waals surface area contributed by atoms with Crippen LogP contribution in [0.2, 0.25) is 0 Å². The molecule has 0 saturated carbocycles. The maximum Gasteiger partial charge on any atom is 0.410 e. The van der Waals surface area contributed by atoms with Crippen molar-refractivity contribution < 1.29 is 19.4 Å². The largest absolute Gasteiger partial charge is 0.497 e. The van der Waals surface area contributed by atoms with Crippen LogP contribution < -0.4 is 4.74 Å². The maximum atomic E-state index is 12.5. The third-order valence-electron chi connectivity index (χ3n) is 4.69. The normalized spacial score (nSPS) is 23.8. The Labute approximate surface area is 156 Å². The van der Waals surface area contributed by atoms with Gasteiger partial charge in [0.25, 0.3) is 0 Å². The monoisotopic (exact) mass is 364 g/mol. The second-order valence-corrected chi connectivity index (χ2v) is 8.29. The number of nitrogens with zero attached hydrogens (tertiary/aromatic N) is 2. The molecular formula is C20H32N2O4. The number of carbonyl (C=O) groups excluding carboxylic acids is 1. The van der Waals surface area contributed by atoms with Crippen LogP contribution in [-0.2, 0) is 10.3 Å². The van der Waals surface area contributed by atoms with E-state index in [4.69, 9.17) is 9.47 Å². The van der Waals surface area contributed by atoms with E-state index in [2.05, 4.69) is 0 Å². The molecule has 0 aromatic heterocycles. The van der Waals surface area contributed by atoms with Gasteiger partial charge in [0.15, 0.2) is 0 Å². The van der Waals surface area contributed by atoms with Gasteiger partial charge in [0.05, 0.1) is 12.7 Å². The zero-order valence-electron chi connectivity index (χ0n) is 16.8. The van der Waals surface area contributed by atoms with E-state index < -0.39 is 11.2 Å². The Bertz CT molecular complexity index is 626. The summed E-state index contributed by atoms with van der Waals surface area (Å²) in [6, 6.07) is 7.56. The summed E-state index contributed by atoms with van der Waals surface area (Å²) < 4.78 is 10.8. The van der Waals surface area contributed by atoms with Gasteiger partial charge < -0.3 is 24.4 Å². The Morgan fingerprint density at radius 1 is 1.38 bits per heavy atom. The number of amides is 1. The van der Waals surface area contributed by atoms with Crippen molar-refractivity contribution in [2.75, 3.05) is 40.8 Å². The summed E-state index contributed by atoms with van der Waals surface area (Å²) in [5.74, 6) is 0.583. The third kappa shape index (κ3) is 4.89. The molecule has 1 aromatic rings. The second-order valence-electron chi connectivity index (χ2n) is 8.29. The molecule has 6 nitrogen and oxygen atoms in total. The van der Waals surface area contributed by atoms with Crippen LogP contribution in [0.4, 0.5) is 4.79 Å². The van der Waals surface area contributed by atoms with Crippen molar-refractivity contribution >= 4 is 6.09 Å². The molecule has 0 radical (unpaired) electrons. The fourth-order valence-corrected chi connectivity index (χ4v) is 3.43. The van der Waals surface area contributed by atoms with Gasteiger partial charge in [-0.2, -0.15) is 0 Å². The van der Waals surface area contributed by atoms with E-state index in [1.807, 2.05) is 64.0 Å². The van der Waals surface area contributed by atoms with Crippen LogP contribution in [0.25, 0.3) is 0 Å². The zero-order chi connectivity index (χ0) is 19.5. The van der Waals surface area contributed by atoms with Crippen molar-refractivity contribution in [3.8, 4) is 5.75 Å². The van der Waals surface area contributed by atoms with Crippen molar-refractivity contribution in [3.63, 3.8) is 0 Å². The highest BCUT2D eigenvalue weighted by Crippen LogP contribution is 2.39. The summed E-state index contributed by atoms with van der Waals surface area (Å²) in [5, 5.41) is 11.5. The number of hydrogen-bond donors (Lipinski definition) is 1. The topological polar surface area (TPSA) is 62.2 Å². The van der Waals surface area contributed by atoms with Gasteiger partial charge in [0, 0.05) is 25.6 Å². The van der Waals surface area contributed by atoms with Crippen LogP contribution in [0.5, 0.6) is 5.75 Å². The summed E-state index contributed by atoms with van der Waals surface area (Å²) in [6.07, 6.45) is 0.131. The first kappa shape index (κ1) is 20.5. The predicted molar refractivity (Wildman–Crippen MR) is 101 cm³/mol. The van der Waals surface area contributed by atoms with Gasteiger partial charge >= 0.3 is 6.09 Å². The van der Waals surface area contributed by atoms with Crippen LogP contribution in [0.15, 0.2) is 24.3 Å². The van der Waals surface area contributed by atoms with Crippen LogP contribution in [-0.4, -0.2) is 67.4 Å². The molecule has 1 aliphatic rings. The highest BCUT2D eigenvalue weighted by molar-refractivity contribution is 5.68. The number of carbonyl (C=O) groups is 1. The molecule has 26 heavy (non-hydrogen) atoms. The summed E-state index contributed by atoms with van der Waals surface area (Å²) >= 11 is 0. The standard InChI is InChI=1S/C20H32N2O4/c1-19(2,3)26-18(23)22-11-10-20(24,16(14-22)13-21(4)5)15-8-7-9-17(12-15)25-6/h7-9,12,16,24H,10-11,13-14H2,1-6H3/t16-,20-/m0/s1. The summed E-state index contributed by atoms with van der Waals surface area (Å²) in [7, 11) is 5.56. The first-order valence-electron chi connectivity index (χ1n) is 9.05. The van der Waals surface area contributed by atoms with E-state index in [-0.39, 0.29) is 12.0 Å². The molecule has 1 aromatic carbocycles. The Morgan fingerprint density at radius 3 is 2.65 bits per heavy atom. The van der Waals surface area contributed by atoms with Crippen molar-refractivity contribution in [2.45, 2.75) is 38.4 Å². The lowest BCUT2D eigenvalue weighted by Gasteiger charge is -2.46. The summed E-state index contributed by atoms with van der Waals surface area (Å²) in [6.45, 7) is 7.14. The van der Waals surface area contributed by atoms with Crippen LogP contribution in [0, 0.1) is 5.92 Å². The van der Waals surface area contributed by atoms with E-state index in [0.29, 0.717) is 31.8 Å². The van der Waals surface area contributed by atoms with Crippen molar-refractivity contribution in [1.29, 1.82) is 0 Å². The van der Waals surface area contributed by atoms with Gasteiger partial charge in [-0.1, -0.05) is 12.1 Å². The molecule has 1 N–H and O–H groups in total. The molecular weight excluding hydrogens is 332 g/mol. The molecule has 0 bridgehead atoms. The van der Waals surface area contributed by atoms with Crippen LogP contribution in [0.3, 0.4) is 0 Å². The lowest BCUT2D eigenvalue weighted by atomic mass is 9.75. The maximum absolute atomic E-state index is 12.5. The predicted octanol–water partition coefficient (Wildman–Crippen LogP) is 2.70. The molecule has 6 heteroatoms. The van der Waals surface area contributed by atoms with E-state index in [1.165, 1.54) is 0 Å². The summed E-state index contributed by atoms with van der Waals surface area (Å²) in [5.41, 5.74) is -0.723. The van der Waals surface area contributed by atoms with E-state index in [0.717, 1.165) is 5.56 Å². The molecule has 2 atom stereocenters. The Hall–Kier alpha value is -1.79. The van der Waals surface area contributed by atoms with E-state index in [1.54, 1.807) is 12.0 Å². The van der Waals surface area contributed by atoms with Gasteiger partial charge in [-0.15, -0.1) is 0 Å². The Balaban J connectivity index is 2.26. The smallest absolute Gasteiger partial charge is 0.410 e. The minimum Gasteiger partial charge on any atom is -0.497 e. The Morgan fingerprint density at radius 2 is 2.08 bits per heavy atom. The highest BCUT2D eigenvalue weighted by Gasteiger charge is 2.45. The lowest BCUT2D eigenvalue weighted by Crippen LogP contribution is -2.55. The molecule has 0 spiro atoms. The SMILES string of the molecule is COc1cccc([C@@]2(O)CCN(C(=O)OC(C)(C)C)C[C@@H]2CN(C)C)c1. The number of benzene rings is 1. The number of piperidine rings is 1. The molecule has 1 amide bonds. The van der Waals surface area contributed by atoms with Gasteiger partial charge in [0.2, 0.25) is 0 Å². The molecule has 146 valence electrons. The van der Waals surface area contributed by atoms with Crippen LogP contribution >= 0.6 is 0 Å². The minimum absolute atomic E-state index is 0.133. The number of ether oxygens (including phenoxy) is 2.